The predicted octanol–water partition coefficient (Wildman–Crippen LogP) is 4.11. The molecular formula is C14H22OS. The number of thioether (sulfide) groups is 1. The Morgan fingerprint density at radius 3 is 2.50 bits per heavy atom. The molecule has 0 amide bonds. The van der Waals surface area contributed by atoms with Crippen LogP contribution in [0, 0.1) is 0 Å². The van der Waals surface area contributed by atoms with E-state index in [4.69, 9.17) is 0 Å². The monoisotopic (exact) mass is 238 g/mol. The van der Waals surface area contributed by atoms with Crippen molar-refractivity contribution in [3.05, 3.63) is 30.3 Å². The summed E-state index contributed by atoms with van der Waals surface area (Å²) in [5.41, 5.74) is 0. The molecule has 1 nitrogen and oxygen atoms in total. The van der Waals surface area contributed by atoms with Gasteiger partial charge in [0, 0.05) is 10.1 Å². The highest BCUT2D eigenvalue weighted by atomic mass is 32.2. The second-order valence-corrected chi connectivity index (χ2v) is 5.65. The number of unbranched alkanes of at least 4 members (excludes halogenated alkanes) is 2. The van der Waals surface area contributed by atoms with E-state index < -0.39 is 0 Å². The van der Waals surface area contributed by atoms with E-state index in [1.54, 1.807) is 11.8 Å². The van der Waals surface area contributed by atoms with E-state index in [-0.39, 0.29) is 11.4 Å². The molecule has 0 saturated heterocycles. The lowest BCUT2D eigenvalue weighted by Gasteiger charge is -2.18. The fourth-order valence-corrected chi connectivity index (χ4v) is 2.67. The van der Waals surface area contributed by atoms with E-state index in [1.165, 1.54) is 17.7 Å². The topological polar surface area (TPSA) is 20.2 Å². The van der Waals surface area contributed by atoms with Crippen molar-refractivity contribution < 1.29 is 5.11 Å². The van der Waals surface area contributed by atoms with Crippen molar-refractivity contribution in [2.24, 2.45) is 0 Å². The van der Waals surface area contributed by atoms with Gasteiger partial charge >= 0.3 is 0 Å². The molecule has 0 heterocycles. The van der Waals surface area contributed by atoms with Crippen molar-refractivity contribution >= 4 is 11.8 Å². The molecule has 0 aliphatic rings. The van der Waals surface area contributed by atoms with E-state index in [2.05, 4.69) is 26.0 Å². The summed E-state index contributed by atoms with van der Waals surface area (Å²) in [5.74, 6) is 0. The number of hydrogen-bond donors (Lipinski definition) is 1. The fourth-order valence-electron chi connectivity index (χ4n) is 1.63. The first-order valence-electron chi connectivity index (χ1n) is 6.13. The molecule has 0 aliphatic heterocycles. The second kappa shape index (κ2) is 7.75. The van der Waals surface area contributed by atoms with Gasteiger partial charge in [-0.1, -0.05) is 51.3 Å². The molecular weight excluding hydrogens is 216 g/mol. The van der Waals surface area contributed by atoms with Gasteiger partial charge in [0.25, 0.3) is 0 Å². The van der Waals surface area contributed by atoms with Crippen LogP contribution in [0.1, 0.15) is 39.5 Å². The van der Waals surface area contributed by atoms with Crippen molar-refractivity contribution in [3.63, 3.8) is 0 Å². The van der Waals surface area contributed by atoms with Gasteiger partial charge < -0.3 is 5.11 Å². The second-order valence-electron chi connectivity index (χ2n) is 4.20. The maximum atomic E-state index is 9.98. The van der Waals surface area contributed by atoms with Gasteiger partial charge in [-0.3, -0.25) is 0 Å². The molecule has 1 N–H and O–H groups in total. The molecule has 16 heavy (non-hydrogen) atoms. The molecule has 2 atom stereocenters. The zero-order chi connectivity index (χ0) is 11.8. The van der Waals surface area contributed by atoms with Crippen LogP contribution in [0.4, 0.5) is 0 Å². The predicted molar refractivity (Wildman–Crippen MR) is 71.9 cm³/mol. The molecule has 0 unspecified atom stereocenters. The van der Waals surface area contributed by atoms with Crippen molar-refractivity contribution in [3.8, 4) is 0 Å². The minimum atomic E-state index is -0.184. The summed E-state index contributed by atoms with van der Waals surface area (Å²) < 4.78 is 0. The van der Waals surface area contributed by atoms with E-state index in [0.717, 1.165) is 12.8 Å². The highest BCUT2D eigenvalue weighted by Crippen LogP contribution is 2.26. The highest BCUT2D eigenvalue weighted by molar-refractivity contribution is 8.00. The third kappa shape index (κ3) is 5.04. The van der Waals surface area contributed by atoms with Gasteiger partial charge in [0.1, 0.15) is 0 Å². The smallest absolute Gasteiger partial charge is 0.0659 e. The van der Waals surface area contributed by atoms with E-state index in [0.29, 0.717) is 0 Å². The van der Waals surface area contributed by atoms with Crippen LogP contribution in [0.2, 0.25) is 0 Å². The maximum absolute atomic E-state index is 9.98. The van der Waals surface area contributed by atoms with Gasteiger partial charge in [-0.25, -0.2) is 0 Å². The molecule has 0 aromatic heterocycles. The Kier molecular flexibility index (Phi) is 6.58. The minimum absolute atomic E-state index is 0.184. The molecule has 0 fully saturated rings. The summed E-state index contributed by atoms with van der Waals surface area (Å²) in [6.45, 7) is 4.29. The Balaban J connectivity index is 2.31. The molecule has 0 bridgehead atoms. The van der Waals surface area contributed by atoms with Gasteiger partial charge in [0.05, 0.1) is 6.10 Å². The first-order valence-corrected chi connectivity index (χ1v) is 7.01. The molecule has 1 aromatic rings. The van der Waals surface area contributed by atoms with Crippen molar-refractivity contribution in [1.29, 1.82) is 0 Å². The average Bonchev–Trinajstić information content (AvgIpc) is 2.30. The quantitative estimate of drug-likeness (QED) is 0.570. The zero-order valence-corrected chi connectivity index (χ0v) is 11.0. The van der Waals surface area contributed by atoms with Crippen molar-refractivity contribution in [1.82, 2.24) is 0 Å². The van der Waals surface area contributed by atoms with Crippen LogP contribution < -0.4 is 0 Å². The van der Waals surface area contributed by atoms with Crippen LogP contribution >= 0.6 is 11.8 Å². The van der Waals surface area contributed by atoms with Crippen LogP contribution in [-0.2, 0) is 0 Å². The first-order chi connectivity index (χ1) is 7.74. The third-order valence-electron chi connectivity index (χ3n) is 2.71. The van der Waals surface area contributed by atoms with E-state index in [9.17, 15) is 5.11 Å². The summed E-state index contributed by atoms with van der Waals surface area (Å²) in [7, 11) is 0. The molecule has 0 spiro atoms. The van der Waals surface area contributed by atoms with Crippen molar-refractivity contribution in [2.75, 3.05) is 0 Å². The third-order valence-corrected chi connectivity index (χ3v) is 3.94. The Bertz CT molecular complexity index is 273. The highest BCUT2D eigenvalue weighted by Gasteiger charge is 2.14. The zero-order valence-electron chi connectivity index (χ0n) is 10.2. The number of hydrogen-bond acceptors (Lipinski definition) is 2. The minimum Gasteiger partial charge on any atom is -0.392 e. The molecule has 0 aliphatic carbocycles. The van der Waals surface area contributed by atoms with E-state index >= 15 is 0 Å². The number of benzene rings is 1. The molecule has 90 valence electrons. The van der Waals surface area contributed by atoms with Gasteiger partial charge in [-0.2, -0.15) is 0 Å². The van der Waals surface area contributed by atoms with E-state index in [1.807, 2.05) is 18.2 Å². The normalized spacial score (nSPS) is 14.7. The summed E-state index contributed by atoms with van der Waals surface area (Å²) in [5, 5.41) is 10.3. The SMILES string of the molecule is CCCCC[C@H](O)[C@H](C)Sc1ccccc1. The maximum Gasteiger partial charge on any atom is 0.0659 e. The largest absolute Gasteiger partial charge is 0.392 e. The summed E-state index contributed by atoms with van der Waals surface area (Å²) in [4.78, 5) is 1.24. The Morgan fingerprint density at radius 2 is 1.88 bits per heavy atom. The Labute approximate surface area is 103 Å². The Morgan fingerprint density at radius 1 is 1.19 bits per heavy atom. The van der Waals surface area contributed by atoms with Gasteiger partial charge in [-0.15, -0.1) is 11.8 Å². The van der Waals surface area contributed by atoms with Gasteiger partial charge in [0.15, 0.2) is 0 Å². The van der Waals surface area contributed by atoms with Crippen LogP contribution in [0.15, 0.2) is 35.2 Å². The molecule has 2 heteroatoms. The van der Waals surface area contributed by atoms with Gasteiger partial charge in [-0.05, 0) is 18.6 Å². The average molecular weight is 238 g/mol. The Hall–Kier alpha value is -0.470. The summed E-state index contributed by atoms with van der Waals surface area (Å²) in [6.07, 6.45) is 4.32. The molecule has 1 rings (SSSR count). The van der Waals surface area contributed by atoms with Crippen LogP contribution in [0.5, 0.6) is 0 Å². The lowest BCUT2D eigenvalue weighted by molar-refractivity contribution is 0.162. The lowest BCUT2D eigenvalue weighted by atomic mass is 10.1. The molecule has 1 aromatic carbocycles. The van der Waals surface area contributed by atoms with Crippen LogP contribution in [0.25, 0.3) is 0 Å². The van der Waals surface area contributed by atoms with Crippen molar-refractivity contribution in [2.45, 2.75) is 55.8 Å². The standard InChI is InChI=1S/C14H22OS/c1-3-4-6-11-14(15)12(2)16-13-9-7-5-8-10-13/h5,7-10,12,14-15H,3-4,6,11H2,1-2H3/t12-,14-/m0/s1. The van der Waals surface area contributed by atoms with Gasteiger partial charge in [0.2, 0.25) is 0 Å². The van der Waals surface area contributed by atoms with Crippen LogP contribution in [0.3, 0.4) is 0 Å². The molecule has 0 saturated carbocycles. The summed E-state index contributed by atoms with van der Waals surface area (Å²) >= 11 is 1.76. The summed E-state index contributed by atoms with van der Waals surface area (Å²) in [6, 6.07) is 10.3. The number of aliphatic hydroxyl groups is 1. The number of rotatable bonds is 7. The first kappa shape index (κ1) is 13.6. The number of aliphatic hydroxyl groups excluding tert-OH is 1. The molecule has 0 radical (unpaired) electrons. The lowest BCUT2D eigenvalue weighted by Crippen LogP contribution is -2.19. The fraction of sp³-hybridized carbons (Fsp3) is 0.571. The van der Waals surface area contributed by atoms with Crippen LogP contribution in [-0.4, -0.2) is 16.5 Å².